The van der Waals surface area contributed by atoms with Crippen LogP contribution in [0.1, 0.15) is 12.8 Å². The van der Waals surface area contributed by atoms with Crippen LogP contribution in [0.15, 0.2) is 0 Å². The van der Waals surface area contributed by atoms with Gasteiger partial charge in [-0.3, -0.25) is 0 Å². The summed E-state index contributed by atoms with van der Waals surface area (Å²) in [4.78, 5) is 0. The molecule has 0 spiro atoms. The molecule has 2 N–H and O–H groups in total. The Hall–Kier alpha value is -0.120. The van der Waals surface area contributed by atoms with Gasteiger partial charge in [0.15, 0.2) is 0 Å². The van der Waals surface area contributed by atoms with E-state index in [0.29, 0.717) is 6.61 Å². The van der Waals surface area contributed by atoms with Gasteiger partial charge in [0, 0.05) is 13.7 Å². The highest BCUT2D eigenvalue weighted by Gasteiger charge is 2.07. The maximum absolute atomic E-state index is 8.78. The molecule has 1 unspecified atom stereocenters. The molecule has 0 aliphatic carbocycles. The summed E-state index contributed by atoms with van der Waals surface area (Å²) in [5.41, 5.74) is 0. The third kappa shape index (κ3) is 4.39. The zero-order chi connectivity index (χ0) is 7.11. The Morgan fingerprint density at radius 2 is 2.11 bits per heavy atom. The standard InChI is InChI=1S/C5H10O2.CH4O/c6-5-2-1-3-7-4-5;1-2/h5-6H,1-4H2;2H,1H3. The molecule has 0 saturated carbocycles. The second-order valence-corrected chi connectivity index (χ2v) is 1.87. The minimum atomic E-state index is -0.186. The molecule has 1 fully saturated rings. The molecule has 1 saturated heterocycles. The van der Waals surface area contributed by atoms with E-state index in [2.05, 4.69) is 0 Å². The van der Waals surface area contributed by atoms with E-state index in [1.165, 1.54) is 0 Å². The Labute approximate surface area is 55.3 Å². The first-order chi connectivity index (χ1) is 4.39. The highest BCUT2D eigenvalue weighted by Crippen LogP contribution is 2.03. The third-order valence-electron chi connectivity index (χ3n) is 1.14. The summed E-state index contributed by atoms with van der Waals surface area (Å²) >= 11 is 0. The van der Waals surface area contributed by atoms with Crippen LogP contribution in [0.25, 0.3) is 0 Å². The molecule has 1 rings (SSSR count). The van der Waals surface area contributed by atoms with Gasteiger partial charge in [-0.25, -0.2) is 0 Å². The lowest BCUT2D eigenvalue weighted by molar-refractivity contribution is -0.00535. The van der Waals surface area contributed by atoms with Gasteiger partial charge >= 0.3 is 0 Å². The smallest absolute Gasteiger partial charge is 0.0774 e. The van der Waals surface area contributed by atoms with Crippen molar-refractivity contribution in [3.63, 3.8) is 0 Å². The van der Waals surface area contributed by atoms with Crippen LogP contribution in [0.5, 0.6) is 0 Å². The van der Waals surface area contributed by atoms with Crippen molar-refractivity contribution in [2.75, 3.05) is 20.3 Å². The summed E-state index contributed by atoms with van der Waals surface area (Å²) in [6.07, 6.45) is 1.75. The van der Waals surface area contributed by atoms with E-state index in [1.807, 2.05) is 0 Å². The van der Waals surface area contributed by atoms with E-state index in [9.17, 15) is 0 Å². The van der Waals surface area contributed by atoms with Gasteiger partial charge in [0.25, 0.3) is 0 Å². The second-order valence-electron chi connectivity index (χ2n) is 1.87. The van der Waals surface area contributed by atoms with Crippen LogP contribution in [0, 0.1) is 0 Å². The molecule has 1 aliphatic heterocycles. The van der Waals surface area contributed by atoms with Crippen molar-refractivity contribution in [2.24, 2.45) is 0 Å². The zero-order valence-electron chi connectivity index (χ0n) is 5.71. The molecule has 0 aromatic rings. The fourth-order valence-corrected chi connectivity index (χ4v) is 0.724. The molecular weight excluding hydrogens is 120 g/mol. The molecular formula is C6H14O3. The van der Waals surface area contributed by atoms with E-state index in [1.54, 1.807) is 0 Å². The first-order valence-electron chi connectivity index (χ1n) is 3.10. The number of ether oxygens (including phenoxy) is 1. The van der Waals surface area contributed by atoms with E-state index in [4.69, 9.17) is 14.9 Å². The quantitative estimate of drug-likeness (QED) is 0.481. The van der Waals surface area contributed by atoms with Gasteiger partial charge in [-0.2, -0.15) is 0 Å². The maximum Gasteiger partial charge on any atom is 0.0774 e. The highest BCUT2D eigenvalue weighted by molar-refractivity contribution is 4.57. The van der Waals surface area contributed by atoms with E-state index < -0.39 is 0 Å². The average molecular weight is 134 g/mol. The monoisotopic (exact) mass is 134 g/mol. The minimum absolute atomic E-state index is 0.186. The SMILES string of the molecule is CO.OC1CCCOC1. The van der Waals surface area contributed by atoms with Crippen molar-refractivity contribution >= 4 is 0 Å². The van der Waals surface area contributed by atoms with Crippen molar-refractivity contribution in [3.05, 3.63) is 0 Å². The van der Waals surface area contributed by atoms with Crippen molar-refractivity contribution in [2.45, 2.75) is 18.9 Å². The van der Waals surface area contributed by atoms with Gasteiger partial charge in [0.1, 0.15) is 0 Å². The average Bonchev–Trinajstić information content (AvgIpc) is 1.94. The predicted octanol–water partition coefficient (Wildman–Crippen LogP) is -0.234. The molecule has 0 aromatic heterocycles. The first-order valence-corrected chi connectivity index (χ1v) is 3.10. The first kappa shape index (κ1) is 8.88. The van der Waals surface area contributed by atoms with Gasteiger partial charge in [0.2, 0.25) is 0 Å². The number of aliphatic hydroxyl groups excluding tert-OH is 2. The Kier molecular flexibility index (Phi) is 5.93. The van der Waals surface area contributed by atoms with Crippen molar-refractivity contribution in [1.82, 2.24) is 0 Å². The Morgan fingerprint density at radius 1 is 1.44 bits per heavy atom. The summed E-state index contributed by atoms with van der Waals surface area (Å²) in [6.45, 7) is 1.37. The Morgan fingerprint density at radius 3 is 2.33 bits per heavy atom. The molecule has 56 valence electrons. The summed E-state index contributed by atoms with van der Waals surface area (Å²) < 4.78 is 4.93. The van der Waals surface area contributed by atoms with Crippen molar-refractivity contribution in [3.8, 4) is 0 Å². The lowest BCUT2D eigenvalue weighted by atomic mass is 10.2. The van der Waals surface area contributed by atoms with E-state index >= 15 is 0 Å². The summed E-state index contributed by atoms with van der Waals surface area (Å²) in [7, 11) is 1.00. The van der Waals surface area contributed by atoms with Crippen LogP contribution < -0.4 is 0 Å². The normalized spacial score (nSPS) is 26.3. The predicted molar refractivity (Wildman–Crippen MR) is 34.2 cm³/mol. The third-order valence-corrected chi connectivity index (χ3v) is 1.14. The van der Waals surface area contributed by atoms with Crippen molar-refractivity contribution in [1.29, 1.82) is 0 Å². The summed E-state index contributed by atoms with van der Waals surface area (Å²) in [5.74, 6) is 0. The van der Waals surface area contributed by atoms with Gasteiger partial charge < -0.3 is 14.9 Å². The molecule has 3 heteroatoms. The van der Waals surface area contributed by atoms with Crippen LogP contribution in [-0.4, -0.2) is 36.6 Å². The summed E-state index contributed by atoms with van der Waals surface area (Å²) in [6, 6.07) is 0. The Bertz CT molecular complexity index is 50.3. The number of aliphatic hydroxyl groups is 2. The number of rotatable bonds is 0. The molecule has 1 atom stereocenters. The maximum atomic E-state index is 8.78. The van der Waals surface area contributed by atoms with Crippen LogP contribution in [-0.2, 0) is 4.74 Å². The Balaban J connectivity index is 0.000000291. The fraction of sp³-hybridized carbons (Fsp3) is 1.00. The minimum Gasteiger partial charge on any atom is -0.400 e. The number of hydrogen-bond donors (Lipinski definition) is 2. The molecule has 1 heterocycles. The summed E-state index contributed by atoms with van der Waals surface area (Å²) in [5, 5.41) is 15.8. The molecule has 0 aromatic carbocycles. The van der Waals surface area contributed by atoms with Gasteiger partial charge in [-0.1, -0.05) is 0 Å². The molecule has 0 bridgehead atoms. The number of hydrogen-bond acceptors (Lipinski definition) is 3. The van der Waals surface area contributed by atoms with Crippen LogP contribution in [0.2, 0.25) is 0 Å². The topological polar surface area (TPSA) is 49.7 Å². The van der Waals surface area contributed by atoms with E-state index in [-0.39, 0.29) is 6.10 Å². The molecule has 0 amide bonds. The van der Waals surface area contributed by atoms with E-state index in [0.717, 1.165) is 26.6 Å². The zero-order valence-corrected chi connectivity index (χ0v) is 5.71. The molecule has 1 aliphatic rings. The highest BCUT2D eigenvalue weighted by atomic mass is 16.5. The van der Waals surface area contributed by atoms with Crippen molar-refractivity contribution < 1.29 is 14.9 Å². The van der Waals surface area contributed by atoms with Crippen LogP contribution >= 0.6 is 0 Å². The lowest BCUT2D eigenvalue weighted by Crippen LogP contribution is -2.21. The molecule has 9 heavy (non-hydrogen) atoms. The molecule has 0 radical (unpaired) electrons. The van der Waals surface area contributed by atoms with Gasteiger partial charge in [-0.05, 0) is 12.8 Å². The largest absolute Gasteiger partial charge is 0.400 e. The lowest BCUT2D eigenvalue weighted by Gasteiger charge is -2.15. The van der Waals surface area contributed by atoms with Gasteiger partial charge in [-0.15, -0.1) is 0 Å². The van der Waals surface area contributed by atoms with Crippen LogP contribution in [0.4, 0.5) is 0 Å². The van der Waals surface area contributed by atoms with Gasteiger partial charge in [0.05, 0.1) is 12.7 Å². The fourth-order valence-electron chi connectivity index (χ4n) is 0.724. The van der Waals surface area contributed by atoms with Crippen LogP contribution in [0.3, 0.4) is 0 Å². The second kappa shape index (κ2) is 6.01. The molecule has 3 nitrogen and oxygen atoms in total.